The zero-order valence-corrected chi connectivity index (χ0v) is 22.1. The lowest BCUT2D eigenvalue weighted by atomic mass is 9.85. The third kappa shape index (κ3) is 6.20. The molecule has 0 spiro atoms. The lowest BCUT2D eigenvalue weighted by molar-refractivity contribution is -0.385. The molecule has 10 nitrogen and oxygen atoms in total. The summed E-state index contributed by atoms with van der Waals surface area (Å²) in [5.41, 5.74) is 0.502. The highest BCUT2D eigenvalue weighted by molar-refractivity contribution is 5.91. The predicted molar refractivity (Wildman–Crippen MR) is 148 cm³/mol. The summed E-state index contributed by atoms with van der Waals surface area (Å²) in [6.45, 7) is 11.0. The number of nitro groups is 2. The summed E-state index contributed by atoms with van der Waals surface area (Å²) in [4.78, 5) is 30.7. The molecule has 0 fully saturated rings. The Balaban J connectivity index is 2.07. The molecule has 198 valence electrons. The highest BCUT2D eigenvalue weighted by Crippen LogP contribution is 2.38. The van der Waals surface area contributed by atoms with Gasteiger partial charge in [-0.05, 0) is 23.0 Å². The molecule has 0 aliphatic carbocycles. The molecule has 0 saturated carbocycles. The van der Waals surface area contributed by atoms with Gasteiger partial charge < -0.3 is 10.2 Å². The largest absolute Gasteiger partial charge is 0.507 e. The van der Waals surface area contributed by atoms with Gasteiger partial charge in [-0.2, -0.15) is 0 Å². The third-order valence-corrected chi connectivity index (χ3v) is 5.85. The Bertz CT molecular complexity index is 1350. The molecule has 0 atom stereocenters. The van der Waals surface area contributed by atoms with Crippen molar-refractivity contribution in [3.05, 3.63) is 91.0 Å². The molecule has 0 bridgehead atoms. The number of hydrogen-bond acceptors (Lipinski definition) is 8. The van der Waals surface area contributed by atoms with Crippen LogP contribution in [-0.2, 0) is 10.8 Å². The van der Waals surface area contributed by atoms with E-state index in [0.717, 1.165) is 0 Å². The first-order chi connectivity index (χ1) is 17.6. The predicted octanol–water partition coefficient (Wildman–Crippen LogP) is 7.01. The molecule has 0 heterocycles. The highest BCUT2D eigenvalue weighted by atomic mass is 16.6. The van der Waals surface area contributed by atoms with Crippen LogP contribution >= 0.6 is 0 Å². The van der Waals surface area contributed by atoms with Crippen molar-refractivity contribution < 1.29 is 20.1 Å². The standard InChI is InChI=1S/C28H30N4O6/c1-27(2,3)21-13-19(31(35)36)11-17(25(21)33)15-29-23-9-7-8-10-24(23)30-16-18-12-20(32(37)38)14-22(26(18)34)28(4,5)6/h7-16,33-34H,1-6H3. The van der Waals surface area contributed by atoms with Crippen LogP contribution in [0.1, 0.15) is 63.8 Å². The Morgan fingerprint density at radius 3 is 1.32 bits per heavy atom. The van der Waals surface area contributed by atoms with E-state index in [1.54, 1.807) is 24.3 Å². The molecule has 10 heteroatoms. The highest BCUT2D eigenvalue weighted by Gasteiger charge is 2.25. The van der Waals surface area contributed by atoms with Crippen LogP contribution in [-0.4, -0.2) is 32.5 Å². The molecular weight excluding hydrogens is 488 g/mol. The quantitative estimate of drug-likeness (QED) is 0.203. The van der Waals surface area contributed by atoms with Crippen LogP contribution in [0.25, 0.3) is 0 Å². The van der Waals surface area contributed by atoms with Crippen molar-refractivity contribution in [3.63, 3.8) is 0 Å². The second-order valence-electron chi connectivity index (χ2n) is 10.9. The smallest absolute Gasteiger partial charge is 0.270 e. The van der Waals surface area contributed by atoms with Gasteiger partial charge in [-0.1, -0.05) is 53.7 Å². The van der Waals surface area contributed by atoms with E-state index in [9.17, 15) is 30.4 Å². The summed E-state index contributed by atoms with van der Waals surface area (Å²) < 4.78 is 0. The molecule has 3 aromatic carbocycles. The summed E-state index contributed by atoms with van der Waals surface area (Å²) in [5, 5.41) is 44.5. The molecule has 0 amide bonds. The first-order valence-corrected chi connectivity index (χ1v) is 11.8. The monoisotopic (exact) mass is 518 g/mol. The van der Waals surface area contributed by atoms with Gasteiger partial charge in [-0.15, -0.1) is 0 Å². The Labute approximate surface area is 220 Å². The fourth-order valence-electron chi connectivity index (χ4n) is 3.79. The zero-order valence-electron chi connectivity index (χ0n) is 22.1. The fraction of sp³-hybridized carbons (Fsp3) is 0.286. The van der Waals surface area contributed by atoms with Gasteiger partial charge in [0, 0.05) is 58.9 Å². The average Bonchev–Trinajstić information content (AvgIpc) is 2.81. The van der Waals surface area contributed by atoms with E-state index in [2.05, 4.69) is 9.98 Å². The van der Waals surface area contributed by atoms with Gasteiger partial charge in [0.2, 0.25) is 0 Å². The van der Waals surface area contributed by atoms with Gasteiger partial charge in [-0.25, -0.2) is 0 Å². The van der Waals surface area contributed by atoms with Crippen LogP contribution in [0.3, 0.4) is 0 Å². The van der Waals surface area contributed by atoms with Crippen LogP contribution in [0.2, 0.25) is 0 Å². The second kappa shape index (κ2) is 10.4. The van der Waals surface area contributed by atoms with Crippen molar-refractivity contribution in [2.24, 2.45) is 9.98 Å². The molecule has 0 saturated heterocycles. The van der Waals surface area contributed by atoms with E-state index in [1.807, 2.05) is 41.5 Å². The molecule has 0 aromatic heterocycles. The number of benzene rings is 3. The first kappa shape index (κ1) is 28.0. The number of rotatable bonds is 6. The van der Waals surface area contributed by atoms with Gasteiger partial charge in [0.05, 0.1) is 21.2 Å². The number of aromatic hydroxyl groups is 2. The van der Waals surface area contributed by atoms with Crippen molar-refractivity contribution in [2.75, 3.05) is 0 Å². The molecule has 38 heavy (non-hydrogen) atoms. The van der Waals surface area contributed by atoms with Crippen molar-refractivity contribution in [1.82, 2.24) is 0 Å². The maximum absolute atomic E-state index is 11.5. The first-order valence-electron chi connectivity index (χ1n) is 11.8. The fourth-order valence-corrected chi connectivity index (χ4v) is 3.79. The molecule has 3 aromatic rings. The molecule has 2 N–H and O–H groups in total. The van der Waals surface area contributed by atoms with Gasteiger partial charge >= 0.3 is 0 Å². The van der Waals surface area contributed by atoms with E-state index >= 15 is 0 Å². The van der Waals surface area contributed by atoms with Crippen LogP contribution in [0.4, 0.5) is 22.7 Å². The van der Waals surface area contributed by atoms with Crippen molar-refractivity contribution >= 4 is 35.2 Å². The Hall–Kier alpha value is -4.60. The lowest BCUT2D eigenvalue weighted by Gasteiger charge is -2.21. The van der Waals surface area contributed by atoms with E-state index in [0.29, 0.717) is 22.5 Å². The summed E-state index contributed by atoms with van der Waals surface area (Å²) in [6, 6.07) is 12.0. The maximum Gasteiger partial charge on any atom is 0.270 e. The Morgan fingerprint density at radius 1 is 0.684 bits per heavy atom. The van der Waals surface area contributed by atoms with E-state index in [-0.39, 0.29) is 34.0 Å². The summed E-state index contributed by atoms with van der Waals surface area (Å²) in [7, 11) is 0. The SMILES string of the molecule is CC(C)(C)c1cc([N+](=O)[O-])cc(C=Nc2ccccc2N=Cc2cc([N+](=O)[O-])cc(C(C)(C)C)c2O)c1O. The molecule has 0 aliphatic heterocycles. The van der Waals surface area contributed by atoms with Crippen LogP contribution in [0, 0.1) is 20.2 Å². The molecular formula is C28H30N4O6. The van der Waals surface area contributed by atoms with Gasteiger partial charge in [0.25, 0.3) is 11.4 Å². The van der Waals surface area contributed by atoms with Crippen molar-refractivity contribution in [3.8, 4) is 11.5 Å². The molecule has 0 radical (unpaired) electrons. The number of para-hydroxylation sites is 2. The van der Waals surface area contributed by atoms with E-state index in [4.69, 9.17) is 0 Å². The lowest BCUT2D eigenvalue weighted by Crippen LogP contribution is -2.12. The van der Waals surface area contributed by atoms with E-state index in [1.165, 1.54) is 36.7 Å². The van der Waals surface area contributed by atoms with Gasteiger partial charge in [0.1, 0.15) is 11.5 Å². The minimum atomic E-state index is -0.549. The molecule has 0 unspecified atom stereocenters. The summed E-state index contributed by atoms with van der Waals surface area (Å²) in [5.74, 6) is -0.215. The number of nitro benzene ring substituents is 2. The number of nitrogens with zero attached hydrogens (tertiary/aromatic N) is 4. The van der Waals surface area contributed by atoms with E-state index < -0.39 is 20.7 Å². The normalized spacial score (nSPS) is 12.4. The minimum absolute atomic E-state index is 0.107. The van der Waals surface area contributed by atoms with Gasteiger partial charge in [0.15, 0.2) is 0 Å². The number of phenols is 2. The summed E-state index contributed by atoms with van der Waals surface area (Å²) in [6.07, 6.45) is 2.66. The number of non-ortho nitro benzene ring substituents is 2. The molecule has 3 rings (SSSR count). The maximum atomic E-state index is 11.5. The van der Waals surface area contributed by atoms with Gasteiger partial charge in [-0.3, -0.25) is 30.2 Å². The van der Waals surface area contributed by atoms with Crippen molar-refractivity contribution in [1.29, 1.82) is 0 Å². The minimum Gasteiger partial charge on any atom is -0.507 e. The van der Waals surface area contributed by atoms with Crippen molar-refractivity contribution in [2.45, 2.75) is 52.4 Å². The second-order valence-corrected chi connectivity index (χ2v) is 10.9. The van der Waals surface area contributed by atoms with Crippen LogP contribution < -0.4 is 0 Å². The molecule has 0 aliphatic rings. The third-order valence-electron chi connectivity index (χ3n) is 5.85. The van der Waals surface area contributed by atoms with Crippen LogP contribution in [0.15, 0.2) is 58.5 Å². The number of phenolic OH excluding ortho intramolecular Hbond substituents is 2. The number of hydrogen-bond donors (Lipinski definition) is 2. The Kier molecular flexibility index (Phi) is 7.66. The number of aliphatic imine (C=N–C) groups is 2. The zero-order chi connectivity index (χ0) is 28.4. The summed E-state index contributed by atoms with van der Waals surface area (Å²) >= 11 is 0. The van der Waals surface area contributed by atoms with Crippen LogP contribution in [0.5, 0.6) is 11.5 Å². The topological polar surface area (TPSA) is 151 Å². The average molecular weight is 519 g/mol. The Morgan fingerprint density at radius 2 is 1.03 bits per heavy atom.